The van der Waals surface area contributed by atoms with Crippen LogP contribution in [0.25, 0.3) is 0 Å². The Morgan fingerprint density at radius 1 is 1.22 bits per heavy atom. The molecule has 3 atom stereocenters. The Kier molecular flexibility index (Phi) is 7.61. The van der Waals surface area contributed by atoms with Crippen LogP contribution in [-0.2, 0) is 40.1 Å². The van der Waals surface area contributed by atoms with Gasteiger partial charge in [-0.25, -0.2) is 0 Å². The summed E-state index contributed by atoms with van der Waals surface area (Å²) in [5, 5.41) is 3.08. The maximum Gasteiger partial charge on any atom is 0.416 e. The summed E-state index contributed by atoms with van der Waals surface area (Å²) in [4.78, 5) is 33.5. The summed E-state index contributed by atoms with van der Waals surface area (Å²) in [7, 11) is 0. The highest BCUT2D eigenvalue weighted by Gasteiger charge is 2.39. The van der Waals surface area contributed by atoms with Gasteiger partial charge in [0, 0.05) is 63.3 Å². The fourth-order valence-corrected chi connectivity index (χ4v) is 5.23. The number of carbonyl (C=O) groups excluding carboxylic acids is 1. The molecule has 12 heteroatoms. The van der Waals surface area contributed by atoms with Crippen LogP contribution >= 0.6 is 0 Å². The van der Waals surface area contributed by atoms with Crippen molar-refractivity contribution in [2.45, 2.75) is 50.5 Å². The van der Waals surface area contributed by atoms with Crippen molar-refractivity contribution in [1.82, 2.24) is 24.7 Å². The molecule has 5 heterocycles. The third-order valence-corrected chi connectivity index (χ3v) is 7.17. The standard InChI is InChI=1S/C25H30F3N5O4/c26-25(27,28)17-9-20-11-31(6-7-33(20)24(35)10-17)14-23(34)30-21-12-32(19-4-8-36-16-19)13-22(21)37-15-18-3-1-2-5-29-18/h1-3,5,9-10,19,21-22H,4,6-8,11-16H2,(H,30,34)/t19?,21?,22-/m0/s1. The van der Waals surface area contributed by atoms with E-state index in [4.69, 9.17) is 9.47 Å². The van der Waals surface area contributed by atoms with E-state index in [0.717, 1.165) is 18.2 Å². The smallest absolute Gasteiger partial charge is 0.380 e. The van der Waals surface area contributed by atoms with Crippen molar-refractivity contribution < 1.29 is 27.4 Å². The first-order valence-corrected chi connectivity index (χ1v) is 12.4. The van der Waals surface area contributed by atoms with E-state index >= 15 is 0 Å². The van der Waals surface area contributed by atoms with Gasteiger partial charge in [0.1, 0.15) is 0 Å². The van der Waals surface area contributed by atoms with Crippen molar-refractivity contribution in [3.8, 4) is 0 Å². The zero-order chi connectivity index (χ0) is 26.0. The SMILES string of the molecule is O=C(CN1CCn2c(cc(C(F)(F)F)cc2=O)C1)NC1CN(C2CCOC2)C[C@@H]1OCc1ccccn1. The second-order valence-corrected chi connectivity index (χ2v) is 9.75. The van der Waals surface area contributed by atoms with Gasteiger partial charge in [-0.2, -0.15) is 13.2 Å². The number of pyridine rings is 2. The summed E-state index contributed by atoms with van der Waals surface area (Å²) in [5.74, 6) is -0.233. The van der Waals surface area contributed by atoms with Crippen LogP contribution < -0.4 is 10.9 Å². The number of rotatable bonds is 7. The van der Waals surface area contributed by atoms with E-state index in [1.54, 1.807) is 11.1 Å². The van der Waals surface area contributed by atoms with Gasteiger partial charge in [-0.15, -0.1) is 0 Å². The molecule has 2 saturated heterocycles. The topological polar surface area (TPSA) is 88.9 Å². The lowest BCUT2D eigenvalue weighted by molar-refractivity contribution is -0.138. The molecule has 0 aliphatic carbocycles. The number of amides is 1. The molecule has 2 fully saturated rings. The molecule has 0 aromatic carbocycles. The van der Waals surface area contributed by atoms with Gasteiger partial charge in [0.25, 0.3) is 5.56 Å². The number of nitrogens with zero attached hydrogens (tertiary/aromatic N) is 4. The molecule has 3 aliphatic heterocycles. The van der Waals surface area contributed by atoms with Crippen molar-refractivity contribution in [1.29, 1.82) is 0 Å². The van der Waals surface area contributed by atoms with E-state index in [-0.39, 0.29) is 49.4 Å². The first-order chi connectivity index (χ1) is 17.8. The van der Waals surface area contributed by atoms with Crippen LogP contribution in [-0.4, -0.2) is 82.8 Å². The van der Waals surface area contributed by atoms with Crippen LogP contribution in [0.4, 0.5) is 13.2 Å². The van der Waals surface area contributed by atoms with Gasteiger partial charge in [-0.05, 0) is 24.6 Å². The minimum Gasteiger partial charge on any atom is -0.380 e. The largest absolute Gasteiger partial charge is 0.416 e. The maximum atomic E-state index is 13.2. The van der Waals surface area contributed by atoms with Gasteiger partial charge in [0.2, 0.25) is 5.91 Å². The molecule has 2 unspecified atom stereocenters. The average molecular weight is 522 g/mol. The van der Waals surface area contributed by atoms with E-state index in [1.165, 1.54) is 4.57 Å². The molecule has 0 spiro atoms. The van der Waals surface area contributed by atoms with Gasteiger partial charge < -0.3 is 19.4 Å². The van der Waals surface area contributed by atoms with Gasteiger partial charge >= 0.3 is 6.18 Å². The molecule has 5 rings (SSSR count). The second-order valence-electron chi connectivity index (χ2n) is 9.75. The minimum atomic E-state index is -4.60. The Balaban J connectivity index is 1.22. The van der Waals surface area contributed by atoms with Gasteiger partial charge in [0.05, 0.1) is 43.2 Å². The first-order valence-electron chi connectivity index (χ1n) is 12.4. The maximum absolute atomic E-state index is 13.2. The van der Waals surface area contributed by atoms with Crippen molar-refractivity contribution in [2.75, 3.05) is 39.4 Å². The van der Waals surface area contributed by atoms with Gasteiger partial charge in [-0.1, -0.05) is 6.07 Å². The normalized spacial score (nSPS) is 24.8. The molecule has 0 bridgehead atoms. The van der Waals surface area contributed by atoms with Crippen molar-refractivity contribution in [3.63, 3.8) is 0 Å². The number of hydrogen-bond donors (Lipinski definition) is 1. The van der Waals surface area contributed by atoms with Crippen LogP contribution in [0.5, 0.6) is 0 Å². The van der Waals surface area contributed by atoms with Gasteiger partial charge in [0.15, 0.2) is 0 Å². The van der Waals surface area contributed by atoms with Crippen molar-refractivity contribution in [3.05, 3.63) is 63.8 Å². The van der Waals surface area contributed by atoms with Crippen LogP contribution in [0.15, 0.2) is 41.3 Å². The lowest BCUT2D eigenvalue weighted by atomic mass is 10.1. The minimum absolute atomic E-state index is 0.0143. The Labute approximate surface area is 212 Å². The predicted molar refractivity (Wildman–Crippen MR) is 127 cm³/mol. The monoisotopic (exact) mass is 521 g/mol. The quantitative estimate of drug-likeness (QED) is 0.587. The number of halogens is 3. The van der Waals surface area contributed by atoms with E-state index in [1.807, 2.05) is 18.2 Å². The molecule has 0 saturated carbocycles. The van der Waals surface area contributed by atoms with Gasteiger partial charge in [-0.3, -0.25) is 24.4 Å². The average Bonchev–Trinajstić information content (AvgIpc) is 3.53. The van der Waals surface area contributed by atoms with Crippen LogP contribution in [0, 0.1) is 0 Å². The summed E-state index contributed by atoms with van der Waals surface area (Å²) in [5.41, 5.74) is -0.590. The number of nitrogens with one attached hydrogen (secondary N) is 1. The number of aromatic nitrogens is 2. The first kappa shape index (κ1) is 25.8. The van der Waals surface area contributed by atoms with Crippen LogP contribution in [0.3, 0.4) is 0 Å². The number of carbonyl (C=O) groups is 1. The third kappa shape index (κ3) is 6.20. The molecule has 37 heavy (non-hydrogen) atoms. The molecule has 2 aromatic rings. The number of hydrogen-bond acceptors (Lipinski definition) is 7. The highest BCUT2D eigenvalue weighted by atomic mass is 19.4. The molecule has 0 radical (unpaired) electrons. The Morgan fingerprint density at radius 2 is 2.08 bits per heavy atom. The molecule has 1 amide bonds. The molecular formula is C25H30F3N5O4. The molecule has 200 valence electrons. The number of likely N-dealkylation sites (tertiary alicyclic amines) is 1. The lowest BCUT2D eigenvalue weighted by Crippen LogP contribution is -2.49. The molecular weight excluding hydrogens is 491 g/mol. The van der Waals surface area contributed by atoms with Crippen molar-refractivity contribution >= 4 is 5.91 Å². The molecule has 9 nitrogen and oxygen atoms in total. The Morgan fingerprint density at radius 3 is 2.81 bits per heavy atom. The van der Waals surface area contributed by atoms with E-state index in [9.17, 15) is 22.8 Å². The summed E-state index contributed by atoms with van der Waals surface area (Å²) in [6, 6.07) is 7.27. The highest BCUT2D eigenvalue weighted by Crippen LogP contribution is 2.29. The number of fused-ring (bicyclic) bond motifs is 1. The highest BCUT2D eigenvalue weighted by molar-refractivity contribution is 5.78. The third-order valence-electron chi connectivity index (χ3n) is 7.17. The Hall–Kier alpha value is -2.80. The summed E-state index contributed by atoms with van der Waals surface area (Å²) in [6.07, 6.45) is -2.20. The fourth-order valence-electron chi connectivity index (χ4n) is 5.23. The summed E-state index contributed by atoms with van der Waals surface area (Å²) < 4.78 is 52.6. The zero-order valence-electron chi connectivity index (χ0n) is 20.3. The predicted octanol–water partition coefficient (Wildman–Crippen LogP) is 1.25. The van der Waals surface area contributed by atoms with Crippen LogP contribution in [0.2, 0.25) is 0 Å². The lowest BCUT2D eigenvalue weighted by Gasteiger charge is -2.30. The van der Waals surface area contributed by atoms with Crippen LogP contribution in [0.1, 0.15) is 23.4 Å². The Bertz CT molecular complexity index is 1150. The van der Waals surface area contributed by atoms with E-state index < -0.39 is 17.3 Å². The number of alkyl halides is 3. The second kappa shape index (κ2) is 10.9. The summed E-state index contributed by atoms with van der Waals surface area (Å²) >= 11 is 0. The zero-order valence-corrected chi connectivity index (χ0v) is 20.3. The van der Waals surface area contributed by atoms with Crippen molar-refractivity contribution in [2.24, 2.45) is 0 Å². The van der Waals surface area contributed by atoms with E-state index in [0.29, 0.717) is 45.5 Å². The molecule has 3 aliphatic rings. The van der Waals surface area contributed by atoms with E-state index in [2.05, 4.69) is 15.2 Å². The number of ether oxygens (including phenoxy) is 2. The summed E-state index contributed by atoms with van der Waals surface area (Å²) in [6.45, 7) is 3.70. The molecule has 1 N–H and O–H groups in total. The fraction of sp³-hybridized carbons (Fsp3) is 0.560. The molecule has 2 aromatic heterocycles.